The summed E-state index contributed by atoms with van der Waals surface area (Å²) in [6.45, 7) is 3.71. The van der Waals surface area contributed by atoms with Gasteiger partial charge in [-0.25, -0.2) is 4.98 Å². The van der Waals surface area contributed by atoms with Gasteiger partial charge in [-0.2, -0.15) is 5.10 Å². The number of aromatic amines is 1. The summed E-state index contributed by atoms with van der Waals surface area (Å²) in [6.07, 6.45) is 1.40. The van der Waals surface area contributed by atoms with Crippen LogP contribution >= 0.6 is 11.8 Å². The Morgan fingerprint density at radius 1 is 1.80 bits per heavy atom. The molecule has 1 aromatic rings. The second-order valence-electron chi connectivity index (χ2n) is 3.22. The number of aromatic nitrogens is 3. The number of nitrogens with zero attached hydrogens (tertiary/aromatic N) is 2. The van der Waals surface area contributed by atoms with Crippen molar-refractivity contribution in [3.8, 4) is 0 Å². The number of H-pyrrole nitrogens is 1. The van der Waals surface area contributed by atoms with Gasteiger partial charge in [-0.3, -0.25) is 9.89 Å². The number of ether oxygens (including phenoxy) is 1. The summed E-state index contributed by atoms with van der Waals surface area (Å²) in [5, 5.41) is 7.00. The molecule has 0 radical (unpaired) electrons. The number of nitrogens with two attached hydrogens (primary N) is 1. The van der Waals surface area contributed by atoms with Crippen molar-refractivity contribution in [2.24, 2.45) is 5.73 Å². The molecule has 1 rings (SSSR count). The topological polar surface area (TPSA) is 93.9 Å². The van der Waals surface area contributed by atoms with E-state index >= 15 is 0 Å². The molecule has 0 fully saturated rings. The van der Waals surface area contributed by atoms with E-state index in [1.807, 2.05) is 0 Å². The molecule has 1 aromatic heterocycles. The second kappa shape index (κ2) is 5.13. The Kier molecular flexibility index (Phi) is 4.10. The molecule has 0 aromatic carbocycles. The van der Waals surface area contributed by atoms with Gasteiger partial charge in [0.1, 0.15) is 11.9 Å². The van der Waals surface area contributed by atoms with Crippen LogP contribution in [0.25, 0.3) is 0 Å². The molecular weight excluding hydrogens is 216 g/mol. The Hall–Kier alpha value is -1.08. The van der Waals surface area contributed by atoms with E-state index < -0.39 is 11.5 Å². The summed E-state index contributed by atoms with van der Waals surface area (Å²) < 4.78 is 4.85. The number of carbonyl (C=O) groups is 1. The van der Waals surface area contributed by atoms with Crippen LogP contribution in [0.4, 0.5) is 0 Å². The molecule has 0 spiro atoms. The van der Waals surface area contributed by atoms with Gasteiger partial charge in [0.05, 0.1) is 6.61 Å². The summed E-state index contributed by atoms with van der Waals surface area (Å²) in [6, 6.07) is 0. The third kappa shape index (κ3) is 3.52. The molecule has 3 N–H and O–H groups in total. The van der Waals surface area contributed by atoms with Crippen LogP contribution in [0.2, 0.25) is 0 Å². The van der Waals surface area contributed by atoms with Crippen molar-refractivity contribution in [2.45, 2.75) is 24.5 Å². The smallest absolute Gasteiger partial charge is 0.326 e. The first-order chi connectivity index (χ1) is 7.06. The predicted octanol–water partition coefficient (Wildman–Crippen LogP) is 0.177. The minimum absolute atomic E-state index is 0.332. The van der Waals surface area contributed by atoms with E-state index in [1.54, 1.807) is 13.8 Å². The zero-order valence-corrected chi connectivity index (χ0v) is 9.50. The van der Waals surface area contributed by atoms with Gasteiger partial charge in [0.25, 0.3) is 0 Å². The number of nitrogens with one attached hydrogen (secondary N) is 1. The molecule has 1 heterocycles. The highest BCUT2D eigenvalue weighted by Crippen LogP contribution is 2.17. The lowest BCUT2D eigenvalue weighted by Gasteiger charge is -2.20. The van der Waals surface area contributed by atoms with Gasteiger partial charge in [-0.15, -0.1) is 0 Å². The maximum atomic E-state index is 11.4. The van der Waals surface area contributed by atoms with Gasteiger partial charge in [0.2, 0.25) is 0 Å². The average molecular weight is 230 g/mol. The number of hydrogen-bond acceptors (Lipinski definition) is 6. The molecule has 0 bridgehead atoms. The number of rotatable bonds is 5. The Balaban J connectivity index is 2.45. The molecule has 15 heavy (non-hydrogen) atoms. The van der Waals surface area contributed by atoms with Gasteiger partial charge in [-0.05, 0) is 13.8 Å². The van der Waals surface area contributed by atoms with Crippen LogP contribution < -0.4 is 5.73 Å². The summed E-state index contributed by atoms with van der Waals surface area (Å²) >= 11 is 1.33. The molecule has 6 nitrogen and oxygen atoms in total. The van der Waals surface area contributed by atoms with Crippen LogP contribution in [-0.4, -0.2) is 39.0 Å². The Morgan fingerprint density at radius 2 is 2.53 bits per heavy atom. The zero-order chi connectivity index (χ0) is 11.3. The highest BCUT2D eigenvalue weighted by Gasteiger charge is 2.30. The van der Waals surface area contributed by atoms with Crippen molar-refractivity contribution >= 4 is 17.7 Å². The van der Waals surface area contributed by atoms with Crippen LogP contribution in [0.5, 0.6) is 0 Å². The lowest BCUT2D eigenvalue weighted by Crippen LogP contribution is -2.48. The van der Waals surface area contributed by atoms with E-state index in [-0.39, 0.29) is 0 Å². The van der Waals surface area contributed by atoms with Crippen LogP contribution in [-0.2, 0) is 9.53 Å². The van der Waals surface area contributed by atoms with E-state index in [1.165, 1.54) is 18.1 Å². The number of thioether (sulfide) groups is 1. The van der Waals surface area contributed by atoms with Crippen molar-refractivity contribution in [3.05, 3.63) is 6.33 Å². The summed E-state index contributed by atoms with van der Waals surface area (Å²) in [7, 11) is 0. The predicted molar refractivity (Wildman–Crippen MR) is 56.3 cm³/mol. The largest absolute Gasteiger partial charge is 0.465 e. The zero-order valence-electron chi connectivity index (χ0n) is 8.69. The van der Waals surface area contributed by atoms with Gasteiger partial charge >= 0.3 is 5.97 Å². The van der Waals surface area contributed by atoms with Gasteiger partial charge in [0.15, 0.2) is 5.16 Å². The molecule has 0 amide bonds. The third-order valence-electron chi connectivity index (χ3n) is 1.64. The Bertz CT molecular complexity index is 312. The number of carbonyl (C=O) groups excluding carboxylic acids is 1. The van der Waals surface area contributed by atoms with Gasteiger partial charge < -0.3 is 10.5 Å². The maximum absolute atomic E-state index is 11.4. The van der Waals surface area contributed by atoms with E-state index in [0.29, 0.717) is 17.5 Å². The maximum Gasteiger partial charge on any atom is 0.326 e. The first kappa shape index (κ1) is 12.0. The fourth-order valence-electron chi connectivity index (χ4n) is 0.837. The summed E-state index contributed by atoms with van der Waals surface area (Å²) in [4.78, 5) is 15.3. The van der Waals surface area contributed by atoms with Crippen LogP contribution in [0.3, 0.4) is 0 Å². The fraction of sp³-hybridized carbons (Fsp3) is 0.625. The summed E-state index contributed by atoms with van der Waals surface area (Å²) in [5.41, 5.74) is 4.80. The quantitative estimate of drug-likeness (QED) is 0.553. The molecule has 0 aliphatic carbocycles. The van der Waals surface area contributed by atoms with Gasteiger partial charge in [0, 0.05) is 5.75 Å². The molecule has 1 unspecified atom stereocenters. The minimum Gasteiger partial charge on any atom is -0.465 e. The van der Waals surface area contributed by atoms with Crippen LogP contribution in [0.1, 0.15) is 13.8 Å². The molecule has 0 saturated carbocycles. The molecule has 84 valence electrons. The normalized spacial score (nSPS) is 14.6. The van der Waals surface area contributed by atoms with Crippen molar-refractivity contribution in [1.29, 1.82) is 0 Å². The van der Waals surface area contributed by atoms with Crippen molar-refractivity contribution in [2.75, 3.05) is 12.4 Å². The molecule has 0 aliphatic rings. The first-order valence-electron chi connectivity index (χ1n) is 4.50. The first-order valence-corrected chi connectivity index (χ1v) is 5.49. The number of esters is 1. The minimum atomic E-state index is -1.01. The Morgan fingerprint density at radius 3 is 3.07 bits per heavy atom. The second-order valence-corrected chi connectivity index (χ2v) is 4.18. The van der Waals surface area contributed by atoms with Crippen molar-refractivity contribution < 1.29 is 9.53 Å². The lowest BCUT2D eigenvalue weighted by atomic mass is 10.1. The monoisotopic (exact) mass is 230 g/mol. The van der Waals surface area contributed by atoms with Gasteiger partial charge in [-0.1, -0.05) is 11.8 Å². The molecule has 0 aliphatic heterocycles. The highest BCUT2D eigenvalue weighted by molar-refractivity contribution is 7.99. The fourth-order valence-corrected chi connectivity index (χ4v) is 1.63. The van der Waals surface area contributed by atoms with E-state index in [9.17, 15) is 4.79 Å². The van der Waals surface area contributed by atoms with Crippen molar-refractivity contribution in [1.82, 2.24) is 15.2 Å². The standard InChI is InChI=1S/C8H14N4O2S/c1-3-14-6(13)8(2,9)4-15-7-10-5-11-12-7/h5H,3-4,9H2,1-2H3,(H,10,11,12). The average Bonchev–Trinajstić information content (AvgIpc) is 2.68. The summed E-state index contributed by atoms with van der Waals surface area (Å²) in [5.74, 6) is -0.0156. The van der Waals surface area contributed by atoms with Crippen LogP contribution in [0.15, 0.2) is 11.5 Å². The molecule has 0 saturated heterocycles. The van der Waals surface area contributed by atoms with E-state index in [0.717, 1.165) is 0 Å². The third-order valence-corrected chi connectivity index (χ3v) is 2.86. The molecular formula is C8H14N4O2S. The SMILES string of the molecule is CCOC(=O)C(C)(N)CSc1ncn[nH]1. The lowest BCUT2D eigenvalue weighted by molar-refractivity contribution is -0.148. The Labute approximate surface area is 92.0 Å². The van der Waals surface area contributed by atoms with Crippen LogP contribution in [0, 0.1) is 0 Å². The van der Waals surface area contributed by atoms with E-state index in [4.69, 9.17) is 10.5 Å². The number of hydrogen-bond donors (Lipinski definition) is 2. The van der Waals surface area contributed by atoms with Crippen molar-refractivity contribution in [3.63, 3.8) is 0 Å². The molecule has 1 atom stereocenters. The molecule has 7 heteroatoms. The highest BCUT2D eigenvalue weighted by atomic mass is 32.2. The van der Waals surface area contributed by atoms with E-state index in [2.05, 4.69) is 15.2 Å².